The number of ether oxygens (including phenoxy) is 1. The Bertz CT molecular complexity index is 899. The molecule has 0 radical (unpaired) electrons. The molecule has 0 amide bonds. The fourth-order valence-corrected chi connectivity index (χ4v) is 3.59. The summed E-state index contributed by atoms with van der Waals surface area (Å²) in [7, 11) is -1.75. The zero-order chi connectivity index (χ0) is 17.0. The maximum absolute atomic E-state index is 12.2. The molecule has 2 aromatic carbocycles. The number of methoxy groups -OCH3 is 1. The van der Waals surface area contributed by atoms with E-state index in [1.165, 1.54) is 0 Å². The van der Waals surface area contributed by atoms with Gasteiger partial charge in [0.05, 0.1) is 19.4 Å². The number of sulfonamides is 1. The molecule has 0 bridgehead atoms. The van der Waals surface area contributed by atoms with Gasteiger partial charge in [0.2, 0.25) is 10.0 Å². The Kier molecular flexibility index (Phi) is 4.87. The van der Waals surface area contributed by atoms with E-state index < -0.39 is 10.0 Å². The van der Waals surface area contributed by atoms with Crippen LogP contribution in [0.1, 0.15) is 11.3 Å². The van der Waals surface area contributed by atoms with Crippen LogP contribution in [0.5, 0.6) is 5.75 Å². The highest BCUT2D eigenvalue weighted by Crippen LogP contribution is 2.15. The van der Waals surface area contributed by atoms with E-state index in [-0.39, 0.29) is 12.3 Å². The number of aryl methyl sites for hydroxylation is 1. The van der Waals surface area contributed by atoms with E-state index in [0.29, 0.717) is 6.42 Å². The third kappa shape index (κ3) is 4.15. The SMILES string of the molecule is COc1cccc(CCS(=O)(=O)NCc2cc3ccccc3[nH]2)c1. The van der Waals surface area contributed by atoms with E-state index in [2.05, 4.69) is 9.71 Å². The normalized spacial score (nSPS) is 11.7. The van der Waals surface area contributed by atoms with Crippen LogP contribution in [0, 0.1) is 0 Å². The van der Waals surface area contributed by atoms with Gasteiger partial charge in [-0.25, -0.2) is 13.1 Å². The van der Waals surface area contributed by atoms with Crippen LogP contribution in [0.15, 0.2) is 54.6 Å². The molecular formula is C18H20N2O3S. The third-order valence-corrected chi connectivity index (χ3v) is 5.19. The van der Waals surface area contributed by atoms with Crippen molar-refractivity contribution in [3.63, 3.8) is 0 Å². The largest absolute Gasteiger partial charge is 0.497 e. The predicted octanol–water partition coefficient (Wildman–Crippen LogP) is 2.84. The minimum absolute atomic E-state index is 0.0421. The van der Waals surface area contributed by atoms with Gasteiger partial charge in [0.1, 0.15) is 5.75 Å². The lowest BCUT2D eigenvalue weighted by Gasteiger charge is -2.07. The second-order valence-corrected chi connectivity index (χ2v) is 7.55. The molecule has 0 unspecified atom stereocenters. The van der Waals surface area contributed by atoms with Crippen LogP contribution in [0.25, 0.3) is 10.9 Å². The molecule has 0 aliphatic carbocycles. The fourth-order valence-electron chi connectivity index (χ4n) is 2.57. The standard InChI is InChI=1S/C18H20N2O3S/c1-23-17-7-4-5-14(11-17)9-10-24(21,22)19-13-16-12-15-6-2-3-8-18(15)20-16/h2-8,11-12,19-20H,9-10,13H2,1H3. The first-order valence-corrected chi connectivity index (χ1v) is 9.38. The number of para-hydroxylation sites is 1. The quantitative estimate of drug-likeness (QED) is 0.692. The molecule has 2 N–H and O–H groups in total. The zero-order valence-electron chi connectivity index (χ0n) is 13.5. The average Bonchev–Trinajstić information content (AvgIpc) is 3.02. The number of fused-ring (bicyclic) bond motifs is 1. The predicted molar refractivity (Wildman–Crippen MR) is 95.6 cm³/mol. The molecule has 5 nitrogen and oxygen atoms in total. The summed E-state index contributed by atoms with van der Waals surface area (Å²) < 4.78 is 32.2. The van der Waals surface area contributed by atoms with Gasteiger partial charge in [-0.3, -0.25) is 0 Å². The summed E-state index contributed by atoms with van der Waals surface area (Å²) in [5, 5.41) is 1.07. The lowest BCUT2D eigenvalue weighted by Crippen LogP contribution is -2.27. The van der Waals surface area contributed by atoms with Crippen molar-refractivity contribution in [3.05, 3.63) is 65.9 Å². The molecule has 3 rings (SSSR count). The van der Waals surface area contributed by atoms with Crippen molar-refractivity contribution in [2.75, 3.05) is 12.9 Å². The molecule has 126 valence electrons. The summed E-state index contributed by atoms with van der Waals surface area (Å²) >= 11 is 0. The van der Waals surface area contributed by atoms with Gasteiger partial charge in [0, 0.05) is 11.2 Å². The highest BCUT2D eigenvalue weighted by Gasteiger charge is 2.11. The molecule has 0 aliphatic rings. The molecule has 0 saturated carbocycles. The molecule has 1 aromatic heterocycles. The number of rotatable bonds is 7. The topological polar surface area (TPSA) is 71.2 Å². The number of nitrogens with one attached hydrogen (secondary N) is 2. The number of aromatic amines is 1. The molecule has 6 heteroatoms. The average molecular weight is 344 g/mol. The molecule has 0 atom stereocenters. The van der Waals surface area contributed by atoms with Crippen molar-refractivity contribution in [3.8, 4) is 5.75 Å². The van der Waals surface area contributed by atoms with Gasteiger partial charge in [0.15, 0.2) is 0 Å². The maximum atomic E-state index is 12.2. The van der Waals surface area contributed by atoms with E-state index in [1.807, 2.05) is 54.6 Å². The van der Waals surface area contributed by atoms with Gasteiger partial charge in [-0.15, -0.1) is 0 Å². The maximum Gasteiger partial charge on any atom is 0.212 e. The zero-order valence-corrected chi connectivity index (χ0v) is 14.3. The number of H-pyrrole nitrogens is 1. The van der Waals surface area contributed by atoms with E-state index >= 15 is 0 Å². The fraction of sp³-hybridized carbons (Fsp3) is 0.222. The van der Waals surface area contributed by atoms with E-state index in [1.54, 1.807) is 7.11 Å². The van der Waals surface area contributed by atoms with Crippen LogP contribution < -0.4 is 9.46 Å². The molecule has 0 spiro atoms. The Labute approximate surface area is 141 Å². The lowest BCUT2D eigenvalue weighted by molar-refractivity contribution is 0.414. The second kappa shape index (κ2) is 7.07. The van der Waals surface area contributed by atoms with Crippen molar-refractivity contribution in [1.82, 2.24) is 9.71 Å². The molecule has 1 heterocycles. The van der Waals surface area contributed by atoms with E-state index in [9.17, 15) is 8.42 Å². The van der Waals surface area contributed by atoms with Crippen molar-refractivity contribution >= 4 is 20.9 Å². The smallest absolute Gasteiger partial charge is 0.212 e. The highest BCUT2D eigenvalue weighted by molar-refractivity contribution is 7.89. The summed E-state index contributed by atoms with van der Waals surface area (Å²) in [5.74, 6) is 0.774. The molecule has 24 heavy (non-hydrogen) atoms. The minimum atomic E-state index is -3.35. The van der Waals surface area contributed by atoms with E-state index in [4.69, 9.17) is 4.74 Å². The highest BCUT2D eigenvalue weighted by atomic mass is 32.2. The van der Waals surface area contributed by atoms with Gasteiger partial charge in [-0.2, -0.15) is 0 Å². The first-order chi connectivity index (χ1) is 11.6. The number of aromatic nitrogens is 1. The van der Waals surface area contributed by atoms with Crippen LogP contribution in [0.4, 0.5) is 0 Å². The third-order valence-electron chi connectivity index (χ3n) is 3.86. The molecule has 3 aromatic rings. The summed E-state index contributed by atoms with van der Waals surface area (Å²) in [6, 6.07) is 17.3. The van der Waals surface area contributed by atoms with Gasteiger partial charge in [0.25, 0.3) is 0 Å². The second-order valence-electron chi connectivity index (χ2n) is 5.62. The minimum Gasteiger partial charge on any atom is -0.497 e. The van der Waals surface area contributed by atoms with Crippen molar-refractivity contribution in [2.45, 2.75) is 13.0 Å². The summed E-state index contributed by atoms with van der Waals surface area (Å²) in [5.41, 5.74) is 2.79. The lowest BCUT2D eigenvalue weighted by atomic mass is 10.2. The van der Waals surface area contributed by atoms with Crippen molar-refractivity contribution in [2.24, 2.45) is 0 Å². The Morgan fingerprint density at radius 3 is 2.71 bits per heavy atom. The van der Waals surface area contributed by atoms with Gasteiger partial charge < -0.3 is 9.72 Å². The van der Waals surface area contributed by atoms with Crippen LogP contribution in [-0.4, -0.2) is 26.3 Å². The summed E-state index contributed by atoms with van der Waals surface area (Å²) in [6.07, 6.45) is 0.444. The van der Waals surface area contributed by atoms with Crippen LogP contribution in [-0.2, 0) is 23.0 Å². The monoisotopic (exact) mass is 344 g/mol. The molecule has 0 fully saturated rings. The summed E-state index contributed by atoms with van der Waals surface area (Å²) in [4.78, 5) is 3.21. The first-order valence-electron chi connectivity index (χ1n) is 7.73. The van der Waals surface area contributed by atoms with Gasteiger partial charge in [-0.1, -0.05) is 30.3 Å². The molecule has 0 saturated heterocycles. The van der Waals surface area contributed by atoms with Gasteiger partial charge >= 0.3 is 0 Å². The van der Waals surface area contributed by atoms with Crippen molar-refractivity contribution < 1.29 is 13.2 Å². The van der Waals surface area contributed by atoms with Crippen LogP contribution >= 0.6 is 0 Å². The van der Waals surface area contributed by atoms with Gasteiger partial charge in [-0.05, 0) is 41.6 Å². The Balaban J connectivity index is 1.59. The first kappa shape index (κ1) is 16.5. The number of hydrogen-bond acceptors (Lipinski definition) is 3. The summed E-state index contributed by atoms with van der Waals surface area (Å²) in [6.45, 7) is 0.259. The number of hydrogen-bond donors (Lipinski definition) is 2. The number of benzene rings is 2. The molecular weight excluding hydrogens is 324 g/mol. The van der Waals surface area contributed by atoms with Crippen LogP contribution in [0.2, 0.25) is 0 Å². The Hall–Kier alpha value is -2.31. The van der Waals surface area contributed by atoms with Crippen molar-refractivity contribution in [1.29, 1.82) is 0 Å². The Morgan fingerprint density at radius 1 is 1.08 bits per heavy atom. The Morgan fingerprint density at radius 2 is 1.92 bits per heavy atom. The van der Waals surface area contributed by atoms with Crippen LogP contribution in [0.3, 0.4) is 0 Å². The van der Waals surface area contributed by atoms with E-state index in [0.717, 1.165) is 27.9 Å². The molecule has 0 aliphatic heterocycles.